The highest BCUT2D eigenvalue weighted by atomic mass is 16.5. The number of anilines is 1. The number of benzene rings is 2. The highest BCUT2D eigenvalue weighted by Gasteiger charge is 2.12. The van der Waals surface area contributed by atoms with E-state index in [0.717, 1.165) is 44.1 Å². The fraction of sp³-hybridized carbons (Fsp3) is 0.364. The molecule has 0 aliphatic carbocycles. The van der Waals surface area contributed by atoms with Crippen molar-refractivity contribution in [2.24, 2.45) is 0 Å². The van der Waals surface area contributed by atoms with Crippen LogP contribution >= 0.6 is 0 Å². The van der Waals surface area contributed by atoms with E-state index in [4.69, 9.17) is 9.26 Å². The molecule has 0 bridgehead atoms. The molecule has 0 unspecified atom stereocenters. The Morgan fingerprint density at radius 2 is 1.71 bits per heavy atom. The molecule has 1 N–H and O–H groups in total. The Morgan fingerprint density at radius 3 is 2.43 bits per heavy atom. The second kappa shape index (κ2) is 8.54. The number of hydrogen-bond donors (Lipinski definition) is 1. The second-order valence-electron chi connectivity index (χ2n) is 7.22. The van der Waals surface area contributed by atoms with Crippen molar-refractivity contribution in [2.75, 3.05) is 31.6 Å². The molecule has 1 aliphatic rings. The van der Waals surface area contributed by atoms with Gasteiger partial charge in [0.05, 0.1) is 19.8 Å². The van der Waals surface area contributed by atoms with Crippen LogP contribution in [0, 0.1) is 13.8 Å². The summed E-state index contributed by atoms with van der Waals surface area (Å²) in [5.74, 6) is 1.20. The number of rotatable bonds is 6. The molecule has 1 aromatic heterocycles. The third-order valence-corrected chi connectivity index (χ3v) is 5.09. The standard InChI is InChI=1S/C22H26N4O2/c1-16-4-3-5-17(2)21(16)23-14-20-24-22(25-28-20)19-8-6-18(7-9-19)15-26-10-12-27-13-11-26/h3-9,23H,10-15H2,1-2H3. The third-order valence-electron chi connectivity index (χ3n) is 5.09. The molecular formula is C22H26N4O2. The maximum absolute atomic E-state index is 5.43. The summed E-state index contributed by atoms with van der Waals surface area (Å²) in [5.41, 5.74) is 5.78. The van der Waals surface area contributed by atoms with Gasteiger partial charge in [-0.2, -0.15) is 4.98 Å². The number of nitrogens with one attached hydrogen (secondary N) is 1. The zero-order chi connectivity index (χ0) is 19.3. The summed E-state index contributed by atoms with van der Waals surface area (Å²) in [6.45, 7) is 9.25. The second-order valence-corrected chi connectivity index (χ2v) is 7.22. The molecule has 4 rings (SSSR count). The SMILES string of the molecule is Cc1cccc(C)c1NCc1nc(-c2ccc(CN3CCOCC3)cc2)no1. The van der Waals surface area contributed by atoms with Crippen LogP contribution in [-0.4, -0.2) is 41.3 Å². The van der Waals surface area contributed by atoms with Gasteiger partial charge in [0, 0.05) is 30.9 Å². The lowest BCUT2D eigenvalue weighted by molar-refractivity contribution is 0.0342. The number of morpholine rings is 1. The highest BCUT2D eigenvalue weighted by Crippen LogP contribution is 2.21. The van der Waals surface area contributed by atoms with Crippen LogP contribution in [0.25, 0.3) is 11.4 Å². The van der Waals surface area contributed by atoms with Crippen molar-refractivity contribution in [1.82, 2.24) is 15.0 Å². The summed E-state index contributed by atoms with van der Waals surface area (Å²) in [6.07, 6.45) is 0. The minimum atomic E-state index is 0.508. The summed E-state index contributed by atoms with van der Waals surface area (Å²) in [4.78, 5) is 6.94. The molecule has 0 atom stereocenters. The molecule has 0 radical (unpaired) electrons. The third kappa shape index (κ3) is 4.40. The summed E-state index contributed by atoms with van der Waals surface area (Å²) < 4.78 is 10.8. The van der Waals surface area contributed by atoms with Crippen LogP contribution in [-0.2, 0) is 17.8 Å². The lowest BCUT2D eigenvalue weighted by Gasteiger charge is -2.26. The molecule has 146 valence electrons. The lowest BCUT2D eigenvalue weighted by Crippen LogP contribution is -2.35. The van der Waals surface area contributed by atoms with Gasteiger partial charge in [-0.05, 0) is 30.5 Å². The molecule has 1 saturated heterocycles. The van der Waals surface area contributed by atoms with Crippen molar-refractivity contribution in [3.63, 3.8) is 0 Å². The normalized spacial score (nSPS) is 14.9. The Bertz CT molecular complexity index is 894. The minimum Gasteiger partial charge on any atom is -0.379 e. The van der Waals surface area contributed by atoms with E-state index in [-0.39, 0.29) is 0 Å². The van der Waals surface area contributed by atoms with E-state index in [1.54, 1.807) is 0 Å². The number of aryl methyl sites for hydroxylation is 2. The van der Waals surface area contributed by atoms with Crippen molar-refractivity contribution in [1.29, 1.82) is 0 Å². The molecule has 0 amide bonds. The van der Waals surface area contributed by atoms with Crippen LogP contribution in [0.2, 0.25) is 0 Å². The molecule has 2 heterocycles. The molecule has 6 heteroatoms. The van der Waals surface area contributed by atoms with Crippen molar-refractivity contribution >= 4 is 5.69 Å². The maximum atomic E-state index is 5.43. The van der Waals surface area contributed by atoms with Gasteiger partial charge in [0.15, 0.2) is 0 Å². The Balaban J connectivity index is 1.38. The molecule has 28 heavy (non-hydrogen) atoms. The van der Waals surface area contributed by atoms with Gasteiger partial charge in [-0.25, -0.2) is 0 Å². The Labute approximate surface area is 165 Å². The molecular weight excluding hydrogens is 352 g/mol. The topological polar surface area (TPSA) is 63.4 Å². The summed E-state index contributed by atoms with van der Waals surface area (Å²) >= 11 is 0. The van der Waals surface area contributed by atoms with Gasteiger partial charge in [0.1, 0.15) is 0 Å². The smallest absolute Gasteiger partial charge is 0.246 e. The van der Waals surface area contributed by atoms with E-state index in [1.807, 2.05) is 0 Å². The predicted molar refractivity (Wildman–Crippen MR) is 109 cm³/mol. The summed E-state index contributed by atoms with van der Waals surface area (Å²) in [5, 5.41) is 7.54. The van der Waals surface area contributed by atoms with Gasteiger partial charge in [0.2, 0.25) is 11.7 Å². The van der Waals surface area contributed by atoms with E-state index in [9.17, 15) is 0 Å². The van der Waals surface area contributed by atoms with Gasteiger partial charge in [0.25, 0.3) is 0 Å². The van der Waals surface area contributed by atoms with Gasteiger partial charge in [-0.15, -0.1) is 0 Å². The maximum Gasteiger partial charge on any atom is 0.246 e. The van der Waals surface area contributed by atoms with Crippen molar-refractivity contribution < 1.29 is 9.26 Å². The number of aromatic nitrogens is 2. The first-order valence-corrected chi connectivity index (χ1v) is 9.71. The zero-order valence-electron chi connectivity index (χ0n) is 16.4. The number of ether oxygens (including phenoxy) is 1. The average molecular weight is 378 g/mol. The van der Waals surface area contributed by atoms with E-state index in [1.165, 1.54) is 16.7 Å². The average Bonchev–Trinajstić information content (AvgIpc) is 3.18. The molecule has 3 aromatic rings. The fourth-order valence-corrected chi connectivity index (χ4v) is 3.48. The molecule has 0 saturated carbocycles. The largest absolute Gasteiger partial charge is 0.379 e. The van der Waals surface area contributed by atoms with Gasteiger partial charge >= 0.3 is 0 Å². The van der Waals surface area contributed by atoms with Crippen LogP contribution in [0.5, 0.6) is 0 Å². The predicted octanol–water partition coefficient (Wildman–Crippen LogP) is 3.80. The van der Waals surface area contributed by atoms with E-state index in [2.05, 4.69) is 76.7 Å². The van der Waals surface area contributed by atoms with Crippen molar-refractivity contribution in [2.45, 2.75) is 26.9 Å². The summed E-state index contributed by atoms with van der Waals surface area (Å²) in [7, 11) is 0. The number of hydrogen-bond acceptors (Lipinski definition) is 6. The number of para-hydroxylation sites is 1. The molecule has 1 aliphatic heterocycles. The first-order chi connectivity index (χ1) is 13.7. The van der Waals surface area contributed by atoms with Gasteiger partial charge in [-0.1, -0.05) is 47.6 Å². The van der Waals surface area contributed by atoms with E-state index >= 15 is 0 Å². The highest BCUT2D eigenvalue weighted by molar-refractivity contribution is 5.57. The monoisotopic (exact) mass is 378 g/mol. The molecule has 0 spiro atoms. The van der Waals surface area contributed by atoms with Crippen LogP contribution in [0.1, 0.15) is 22.6 Å². The summed E-state index contributed by atoms with van der Waals surface area (Å²) in [6, 6.07) is 14.6. The van der Waals surface area contributed by atoms with Gasteiger partial charge < -0.3 is 14.6 Å². The van der Waals surface area contributed by atoms with E-state index < -0.39 is 0 Å². The minimum absolute atomic E-state index is 0.508. The van der Waals surface area contributed by atoms with Crippen LogP contribution in [0.15, 0.2) is 47.0 Å². The lowest BCUT2D eigenvalue weighted by atomic mass is 10.1. The van der Waals surface area contributed by atoms with Gasteiger partial charge in [-0.3, -0.25) is 4.90 Å². The Morgan fingerprint density at radius 1 is 1.00 bits per heavy atom. The first-order valence-electron chi connectivity index (χ1n) is 9.71. The fourth-order valence-electron chi connectivity index (χ4n) is 3.48. The van der Waals surface area contributed by atoms with E-state index in [0.29, 0.717) is 18.3 Å². The molecule has 2 aromatic carbocycles. The zero-order valence-corrected chi connectivity index (χ0v) is 16.4. The number of nitrogens with zero attached hydrogens (tertiary/aromatic N) is 3. The van der Waals surface area contributed by atoms with Crippen molar-refractivity contribution in [3.05, 3.63) is 65.0 Å². The van der Waals surface area contributed by atoms with Crippen LogP contribution in [0.3, 0.4) is 0 Å². The Kier molecular flexibility index (Phi) is 5.69. The Hall–Kier alpha value is -2.70. The quantitative estimate of drug-likeness (QED) is 0.704. The van der Waals surface area contributed by atoms with Crippen LogP contribution in [0.4, 0.5) is 5.69 Å². The van der Waals surface area contributed by atoms with Crippen LogP contribution < -0.4 is 5.32 Å². The first kappa shape index (κ1) is 18.7. The van der Waals surface area contributed by atoms with Crippen molar-refractivity contribution in [3.8, 4) is 11.4 Å². The molecule has 1 fully saturated rings. The molecule has 6 nitrogen and oxygen atoms in total.